The van der Waals surface area contributed by atoms with Gasteiger partial charge in [-0.05, 0) is 6.07 Å². The van der Waals surface area contributed by atoms with Crippen molar-refractivity contribution in [1.29, 1.82) is 0 Å². The quantitative estimate of drug-likeness (QED) is 0.766. The number of aliphatic hydroxyl groups is 2. The van der Waals surface area contributed by atoms with Crippen LogP contribution in [0.25, 0.3) is 0 Å². The minimum absolute atomic E-state index is 0.302. The summed E-state index contributed by atoms with van der Waals surface area (Å²) in [6.07, 6.45) is -1.06. The molecule has 104 valence electrons. The van der Waals surface area contributed by atoms with E-state index in [4.69, 9.17) is 9.47 Å². The Morgan fingerprint density at radius 1 is 1.42 bits per heavy atom. The van der Waals surface area contributed by atoms with Crippen LogP contribution in [-0.4, -0.2) is 50.7 Å². The van der Waals surface area contributed by atoms with Crippen LogP contribution >= 0.6 is 11.8 Å². The summed E-state index contributed by atoms with van der Waals surface area (Å²) in [7, 11) is 0. The highest BCUT2D eigenvalue weighted by atomic mass is 32.2. The number of pyridine rings is 1. The second-order valence-electron chi connectivity index (χ2n) is 4.12. The molecule has 0 amide bonds. The molecular formula is C12H15NO5S. The third-order valence-electron chi connectivity index (χ3n) is 2.62. The summed E-state index contributed by atoms with van der Waals surface area (Å²) >= 11 is 1.12. The Bertz CT molecular complexity index is 429. The molecule has 0 aromatic carbocycles. The van der Waals surface area contributed by atoms with Crippen molar-refractivity contribution in [3.05, 3.63) is 24.4 Å². The lowest BCUT2D eigenvalue weighted by Crippen LogP contribution is -2.53. The van der Waals surface area contributed by atoms with Gasteiger partial charge in [-0.2, -0.15) is 0 Å². The molecule has 6 nitrogen and oxygen atoms in total. The molecule has 1 aromatic rings. The number of rotatable bonds is 3. The first-order valence-electron chi connectivity index (χ1n) is 5.80. The first-order valence-corrected chi connectivity index (χ1v) is 6.85. The van der Waals surface area contributed by atoms with Crippen molar-refractivity contribution in [2.45, 2.75) is 30.7 Å². The Labute approximate surface area is 114 Å². The number of esters is 1. The molecule has 1 saturated heterocycles. The standard InChI is InChI=1S/C12H15NO5S/c1-7(14)17-11-10(8(15)6-19-12(11)16)18-9-4-2-3-5-13-9/h2-5,8,10-12,15-16H,6H2,1H3/t8-,10+,11-,12-/m1/s1. The van der Waals surface area contributed by atoms with Crippen molar-refractivity contribution in [2.24, 2.45) is 0 Å². The lowest BCUT2D eigenvalue weighted by Gasteiger charge is -2.36. The number of aliphatic hydroxyl groups excluding tert-OH is 2. The van der Waals surface area contributed by atoms with E-state index in [1.54, 1.807) is 24.4 Å². The van der Waals surface area contributed by atoms with Gasteiger partial charge in [-0.15, -0.1) is 11.8 Å². The van der Waals surface area contributed by atoms with Crippen LogP contribution in [0.4, 0.5) is 0 Å². The van der Waals surface area contributed by atoms with Gasteiger partial charge in [0.2, 0.25) is 5.88 Å². The average molecular weight is 285 g/mol. The fourth-order valence-corrected chi connectivity index (χ4v) is 2.77. The van der Waals surface area contributed by atoms with Gasteiger partial charge in [0, 0.05) is 24.9 Å². The highest BCUT2D eigenvalue weighted by molar-refractivity contribution is 7.99. The summed E-state index contributed by atoms with van der Waals surface area (Å²) in [4.78, 5) is 15.1. The van der Waals surface area contributed by atoms with E-state index >= 15 is 0 Å². The summed E-state index contributed by atoms with van der Waals surface area (Å²) in [6.45, 7) is 1.25. The number of thioether (sulfide) groups is 1. The van der Waals surface area contributed by atoms with Crippen molar-refractivity contribution >= 4 is 17.7 Å². The van der Waals surface area contributed by atoms with Gasteiger partial charge >= 0.3 is 5.97 Å². The third kappa shape index (κ3) is 3.59. The lowest BCUT2D eigenvalue weighted by atomic mass is 10.1. The molecule has 1 aliphatic heterocycles. The van der Waals surface area contributed by atoms with E-state index in [2.05, 4.69) is 4.98 Å². The normalized spacial score (nSPS) is 30.7. The predicted octanol–water partition coefficient (Wildman–Crippen LogP) is 0.187. The molecule has 0 spiro atoms. The molecule has 0 unspecified atom stereocenters. The van der Waals surface area contributed by atoms with E-state index in [9.17, 15) is 15.0 Å². The number of nitrogens with zero attached hydrogens (tertiary/aromatic N) is 1. The van der Waals surface area contributed by atoms with Crippen molar-refractivity contribution in [3.8, 4) is 5.88 Å². The molecule has 2 N–H and O–H groups in total. The molecule has 19 heavy (non-hydrogen) atoms. The smallest absolute Gasteiger partial charge is 0.303 e. The molecule has 7 heteroatoms. The number of aromatic nitrogens is 1. The Morgan fingerprint density at radius 2 is 2.21 bits per heavy atom. The van der Waals surface area contributed by atoms with Gasteiger partial charge in [0.1, 0.15) is 11.5 Å². The Morgan fingerprint density at radius 3 is 2.84 bits per heavy atom. The number of ether oxygens (including phenoxy) is 2. The summed E-state index contributed by atoms with van der Waals surface area (Å²) in [5.41, 5.74) is -0.930. The van der Waals surface area contributed by atoms with Gasteiger partial charge in [0.15, 0.2) is 12.2 Å². The van der Waals surface area contributed by atoms with E-state index in [1.807, 2.05) is 0 Å². The monoisotopic (exact) mass is 285 g/mol. The van der Waals surface area contributed by atoms with Crippen molar-refractivity contribution in [1.82, 2.24) is 4.98 Å². The molecule has 1 aromatic heterocycles. The average Bonchev–Trinajstić information content (AvgIpc) is 2.39. The maximum Gasteiger partial charge on any atom is 0.303 e. The first-order chi connectivity index (χ1) is 9.08. The molecule has 0 radical (unpaired) electrons. The summed E-state index contributed by atoms with van der Waals surface area (Å²) < 4.78 is 10.6. The SMILES string of the molecule is CC(=O)O[C@@H]1[C@@H](Oc2ccccn2)[C@H](O)CS[C@H]1O. The van der Waals surface area contributed by atoms with Crippen LogP contribution in [0.1, 0.15) is 6.92 Å². The zero-order valence-electron chi connectivity index (χ0n) is 10.3. The number of hydrogen-bond acceptors (Lipinski definition) is 7. The molecule has 0 saturated carbocycles. The van der Waals surface area contributed by atoms with E-state index in [1.165, 1.54) is 6.92 Å². The molecule has 0 bridgehead atoms. The van der Waals surface area contributed by atoms with Gasteiger partial charge in [-0.3, -0.25) is 4.79 Å². The molecule has 1 fully saturated rings. The predicted molar refractivity (Wildman–Crippen MR) is 68.7 cm³/mol. The zero-order valence-corrected chi connectivity index (χ0v) is 11.1. The molecule has 2 heterocycles. The van der Waals surface area contributed by atoms with Crippen LogP contribution < -0.4 is 4.74 Å². The first kappa shape index (κ1) is 14.1. The second kappa shape index (κ2) is 6.23. The largest absolute Gasteiger partial charge is 0.467 e. The Kier molecular flexibility index (Phi) is 4.62. The Balaban J connectivity index is 2.14. The van der Waals surface area contributed by atoms with Gasteiger partial charge in [-0.1, -0.05) is 6.07 Å². The minimum atomic E-state index is -0.930. The molecule has 0 aliphatic carbocycles. The van der Waals surface area contributed by atoms with Crippen LogP contribution in [0.3, 0.4) is 0 Å². The van der Waals surface area contributed by atoms with Crippen LogP contribution in [0.15, 0.2) is 24.4 Å². The van der Waals surface area contributed by atoms with Crippen LogP contribution in [0.5, 0.6) is 5.88 Å². The highest BCUT2D eigenvalue weighted by Gasteiger charge is 2.42. The van der Waals surface area contributed by atoms with Crippen LogP contribution in [-0.2, 0) is 9.53 Å². The van der Waals surface area contributed by atoms with Crippen LogP contribution in [0, 0.1) is 0 Å². The third-order valence-corrected chi connectivity index (χ3v) is 3.76. The number of carbonyl (C=O) groups is 1. The summed E-state index contributed by atoms with van der Waals surface area (Å²) in [5, 5.41) is 19.8. The maximum atomic E-state index is 11.1. The van der Waals surface area contributed by atoms with Crippen molar-refractivity contribution in [3.63, 3.8) is 0 Å². The van der Waals surface area contributed by atoms with E-state index < -0.39 is 29.7 Å². The number of hydrogen-bond donors (Lipinski definition) is 2. The van der Waals surface area contributed by atoms with E-state index in [0.29, 0.717) is 11.6 Å². The van der Waals surface area contributed by atoms with Gasteiger partial charge < -0.3 is 19.7 Å². The van der Waals surface area contributed by atoms with Crippen molar-refractivity contribution < 1.29 is 24.5 Å². The van der Waals surface area contributed by atoms with E-state index in [0.717, 1.165) is 11.8 Å². The molecule has 2 rings (SSSR count). The molecule has 4 atom stereocenters. The van der Waals surface area contributed by atoms with Gasteiger partial charge in [-0.25, -0.2) is 4.98 Å². The van der Waals surface area contributed by atoms with Gasteiger partial charge in [0.05, 0.1) is 0 Å². The maximum absolute atomic E-state index is 11.1. The van der Waals surface area contributed by atoms with Gasteiger partial charge in [0.25, 0.3) is 0 Å². The summed E-state index contributed by atoms with van der Waals surface area (Å²) in [6, 6.07) is 5.10. The van der Waals surface area contributed by atoms with Crippen molar-refractivity contribution in [2.75, 3.05) is 5.75 Å². The fraction of sp³-hybridized carbons (Fsp3) is 0.500. The fourth-order valence-electron chi connectivity index (χ4n) is 1.79. The van der Waals surface area contributed by atoms with E-state index in [-0.39, 0.29) is 0 Å². The number of carbonyl (C=O) groups excluding carboxylic acids is 1. The molecular weight excluding hydrogens is 270 g/mol. The molecule has 1 aliphatic rings. The zero-order chi connectivity index (χ0) is 13.8. The van der Waals surface area contributed by atoms with Crippen LogP contribution in [0.2, 0.25) is 0 Å². The highest BCUT2D eigenvalue weighted by Crippen LogP contribution is 2.29. The Hall–Kier alpha value is -1.31. The lowest BCUT2D eigenvalue weighted by molar-refractivity contribution is -0.161. The minimum Gasteiger partial charge on any atom is -0.467 e. The topological polar surface area (TPSA) is 88.9 Å². The second-order valence-corrected chi connectivity index (χ2v) is 5.27. The summed E-state index contributed by atoms with van der Waals surface area (Å²) in [5.74, 6) is 0.0762.